The number of aryl methyl sites for hydroxylation is 1. The van der Waals surface area contributed by atoms with E-state index >= 15 is 0 Å². The third-order valence-corrected chi connectivity index (χ3v) is 3.45. The Balaban J connectivity index is 1.54. The summed E-state index contributed by atoms with van der Waals surface area (Å²) in [4.78, 5) is 12.1. The van der Waals surface area contributed by atoms with Gasteiger partial charge in [0.25, 0.3) is 0 Å². The minimum atomic E-state index is -0.263. The maximum atomic E-state index is 12.1. The number of amides is 2. The van der Waals surface area contributed by atoms with Crippen LogP contribution in [0.4, 0.5) is 10.5 Å². The monoisotopic (exact) mass is 316 g/mol. The molecule has 2 aromatic rings. The third kappa shape index (κ3) is 3.94. The van der Waals surface area contributed by atoms with Gasteiger partial charge in [0.15, 0.2) is 11.5 Å². The van der Waals surface area contributed by atoms with E-state index in [2.05, 4.69) is 20.8 Å². The van der Waals surface area contributed by atoms with Crippen LogP contribution in [-0.2, 0) is 6.42 Å². The van der Waals surface area contributed by atoms with E-state index in [0.29, 0.717) is 36.8 Å². The summed E-state index contributed by atoms with van der Waals surface area (Å²) in [5.41, 5.74) is 2.59. The lowest BCUT2D eigenvalue weighted by atomic mass is 10.2. The smallest absolute Gasteiger partial charge is 0.319 e. The van der Waals surface area contributed by atoms with Crippen LogP contribution < -0.4 is 20.1 Å². The topological polar surface area (TPSA) is 88.3 Å². The van der Waals surface area contributed by atoms with E-state index in [-0.39, 0.29) is 12.1 Å². The molecule has 7 heteroatoms. The number of ether oxygens (including phenoxy) is 2. The van der Waals surface area contributed by atoms with E-state index in [0.717, 1.165) is 11.4 Å². The second kappa shape index (κ2) is 6.60. The number of anilines is 1. The minimum absolute atomic E-state index is 0.0325. The molecule has 122 valence electrons. The molecule has 7 nitrogen and oxygen atoms in total. The van der Waals surface area contributed by atoms with Gasteiger partial charge >= 0.3 is 6.03 Å². The quantitative estimate of drug-likeness (QED) is 0.807. The molecule has 3 N–H and O–H groups in total. The van der Waals surface area contributed by atoms with Crippen molar-refractivity contribution in [2.75, 3.05) is 18.5 Å². The number of carbonyl (C=O) groups is 1. The summed E-state index contributed by atoms with van der Waals surface area (Å²) in [7, 11) is 0. The van der Waals surface area contributed by atoms with Crippen molar-refractivity contribution in [3.05, 3.63) is 35.7 Å². The van der Waals surface area contributed by atoms with Gasteiger partial charge in [-0.1, -0.05) is 0 Å². The summed E-state index contributed by atoms with van der Waals surface area (Å²) < 4.78 is 11.0. The zero-order valence-corrected chi connectivity index (χ0v) is 13.2. The van der Waals surface area contributed by atoms with Crippen LogP contribution in [0.3, 0.4) is 0 Å². The maximum Gasteiger partial charge on any atom is 0.319 e. The molecule has 1 aromatic carbocycles. The second-order valence-electron chi connectivity index (χ2n) is 5.60. The van der Waals surface area contributed by atoms with Crippen LogP contribution in [-0.4, -0.2) is 35.5 Å². The van der Waals surface area contributed by atoms with Crippen LogP contribution in [0.5, 0.6) is 11.5 Å². The first-order valence-electron chi connectivity index (χ1n) is 7.58. The number of nitrogens with zero attached hydrogens (tertiary/aromatic N) is 1. The number of rotatable bonds is 4. The molecule has 2 heterocycles. The van der Waals surface area contributed by atoms with E-state index in [1.54, 1.807) is 18.2 Å². The average Bonchev–Trinajstić information content (AvgIpc) is 2.91. The Morgan fingerprint density at radius 1 is 1.30 bits per heavy atom. The summed E-state index contributed by atoms with van der Waals surface area (Å²) in [5.74, 6) is 1.35. The number of aromatic amines is 1. The van der Waals surface area contributed by atoms with Crippen molar-refractivity contribution in [1.82, 2.24) is 15.5 Å². The van der Waals surface area contributed by atoms with Crippen molar-refractivity contribution in [3.8, 4) is 11.5 Å². The number of hydrogen-bond donors (Lipinski definition) is 3. The van der Waals surface area contributed by atoms with Crippen LogP contribution in [0.25, 0.3) is 0 Å². The molecule has 3 rings (SSSR count). The number of fused-ring (bicyclic) bond motifs is 1. The van der Waals surface area contributed by atoms with Crippen LogP contribution in [0.2, 0.25) is 0 Å². The fraction of sp³-hybridized carbons (Fsp3) is 0.375. The number of hydrogen-bond acceptors (Lipinski definition) is 4. The third-order valence-electron chi connectivity index (χ3n) is 3.45. The van der Waals surface area contributed by atoms with E-state index in [1.165, 1.54) is 0 Å². The van der Waals surface area contributed by atoms with Gasteiger partial charge in [-0.15, -0.1) is 0 Å². The molecule has 1 aliphatic heterocycles. The molecule has 2 amide bonds. The van der Waals surface area contributed by atoms with Crippen molar-refractivity contribution in [3.63, 3.8) is 0 Å². The van der Waals surface area contributed by atoms with Crippen LogP contribution in [0, 0.1) is 6.92 Å². The molecule has 23 heavy (non-hydrogen) atoms. The standard InChI is InChI=1S/C16H20N4O3/c1-10(7-13-8-11(2)19-20-13)17-16(21)18-12-3-4-14-15(9-12)23-6-5-22-14/h3-4,8-10H,5-7H2,1-2H3,(H,19,20)(H2,17,18,21)/t10-/m1/s1. The molecule has 0 bridgehead atoms. The Morgan fingerprint density at radius 3 is 2.83 bits per heavy atom. The lowest BCUT2D eigenvalue weighted by Crippen LogP contribution is -2.37. The highest BCUT2D eigenvalue weighted by molar-refractivity contribution is 5.89. The second-order valence-corrected chi connectivity index (χ2v) is 5.60. The number of benzene rings is 1. The molecule has 1 aromatic heterocycles. The lowest BCUT2D eigenvalue weighted by molar-refractivity contribution is 0.171. The van der Waals surface area contributed by atoms with E-state index < -0.39 is 0 Å². The fourth-order valence-corrected chi connectivity index (χ4v) is 2.46. The largest absolute Gasteiger partial charge is 0.486 e. The summed E-state index contributed by atoms with van der Waals surface area (Å²) >= 11 is 0. The van der Waals surface area contributed by atoms with Gasteiger partial charge in [-0.05, 0) is 32.0 Å². The molecule has 0 fully saturated rings. The number of carbonyl (C=O) groups excluding carboxylic acids is 1. The van der Waals surface area contributed by atoms with Crippen molar-refractivity contribution in [2.45, 2.75) is 26.3 Å². The molecule has 1 aliphatic rings. The highest BCUT2D eigenvalue weighted by Gasteiger charge is 2.14. The Labute approximate surface area is 134 Å². The predicted molar refractivity (Wildman–Crippen MR) is 86.1 cm³/mol. The van der Waals surface area contributed by atoms with Gasteiger partial charge < -0.3 is 20.1 Å². The van der Waals surface area contributed by atoms with Crippen molar-refractivity contribution >= 4 is 11.7 Å². The van der Waals surface area contributed by atoms with Crippen LogP contribution in [0.1, 0.15) is 18.3 Å². The zero-order chi connectivity index (χ0) is 16.2. The normalized spacial score (nSPS) is 14.2. The van der Waals surface area contributed by atoms with E-state index in [1.807, 2.05) is 19.9 Å². The highest BCUT2D eigenvalue weighted by atomic mass is 16.6. The maximum absolute atomic E-state index is 12.1. The first kappa shape index (κ1) is 15.2. The van der Waals surface area contributed by atoms with Crippen LogP contribution >= 0.6 is 0 Å². The summed E-state index contributed by atoms with van der Waals surface area (Å²) in [6.07, 6.45) is 0.666. The molecular weight excluding hydrogens is 296 g/mol. The Hall–Kier alpha value is -2.70. The van der Waals surface area contributed by atoms with Gasteiger partial charge in [0.05, 0.1) is 5.69 Å². The number of H-pyrrole nitrogens is 1. The van der Waals surface area contributed by atoms with Gasteiger partial charge in [0, 0.05) is 29.9 Å². The predicted octanol–water partition coefficient (Wildman–Crippen LogP) is 2.24. The van der Waals surface area contributed by atoms with Gasteiger partial charge in [0.1, 0.15) is 13.2 Å². The van der Waals surface area contributed by atoms with Gasteiger partial charge in [-0.3, -0.25) is 5.10 Å². The molecule has 0 unspecified atom stereocenters. The highest BCUT2D eigenvalue weighted by Crippen LogP contribution is 2.32. The average molecular weight is 316 g/mol. The summed E-state index contributed by atoms with van der Waals surface area (Å²) in [6.45, 7) is 4.95. The zero-order valence-electron chi connectivity index (χ0n) is 13.2. The molecule has 0 spiro atoms. The SMILES string of the molecule is Cc1cc(C[C@@H](C)NC(=O)Nc2ccc3c(c2)OCCO3)n[nH]1. The summed E-state index contributed by atoms with van der Waals surface area (Å²) in [5, 5.41) is 12.8. The number of nitrogens with one attached hydrogen (secondary N) is 3. The summed E-state index contributed by atoms with van der Waals surface area (Å²) in [6, 6.07) is 7.01. The van der Waals surface area contributed by atoms with E-state index in [4.69, 9.17) is 9.47 Å². The first-order chi connectivity index (χ1) is 11.1. The van der Waals surface area contributed by atoms with Gasteiger partial charge in [-0.2, -0.15) is 5.10 Å². The van der Waals surface area contributed by atoms with Crippen molar-refractivity contribution < 1.29 is 14.3 Å². The van der Waals surface area contributed by atoms with E-state index in [9.17, 15) is 4.79 Å². The number of aromatic nitrogens is 2. The lowest BCUT2D eigenvalue weighted by Gasteiger charge is -2.19. The Morgan fingerprint density at radius 2 is 2.09 bits per heavy atom. The molecule has 0 saturated carbocycles. The van der Waals surface area contributed by atoms with Crippen molar-refractivity contribution in [1.29, 1.82) is 0 Å². The number of urea groups is 1. The van der Waals surface area contributed by atoms with Gasteiger partial charge in [-0.25, -0.2) is 4.79 Å². The Bertz CT molecular complexity index is 698. The first-order valence-corrected chi connectivity index (χ1v) is 7.58. The fourth-order valence-electron chi connectivity index (χ4n) is 2.46. The van der Waals surface area contributed by atoms with Gasteiger partial charge in [0.2, 0.25) is 0 Å². The van der Waals surface area contributed by atoms with Crippen molar-refractivity contribution in [2.24, 2.45) is 0 Å². The molecular formula is C16H20N4O3. The molecule has 0 radical (unpaired) electrons. The molecule has 0 aliphatic carbocycles. The molecule has 1 atom stereocenters. The minimum Gasteiger partial charge on any atom is -0.486 e. The molecule has 0 saturated heterocycles. The Kier molecular flexibility index (Phi) is 4.36. The van der Waals surface area contributed by atoms with Crippen LogP contribution in [0.15, 0.2) is 24.3 Å².